The first-order chi connectivity index (χ1) is 12.3. The summed E-state index contributed by atoms with van der Waals surface area (Å²) < 4.78 is 39.6. The van der Waals surface area contributed by atoms with Crippen LogP contribution in [0.5, 0.6) is 0 Å². The van der Waals surface area contributed by atoms with Crippen LogP contribution < -0.4 is 5.32 Å². The first-order valence-electron chi connectivity index (χ1n) is 9.40. The lowest BCUT2D eigenvalue weighted by Crippen LogP contribution is -2.44. The maximum atomic E-state index is 13.0. The van der Waals surface area contributed by atoms with Gasteiger partial charge in [0.15, 0.2) is 0 Å². The molecule has 0 unspecified atom stereocenters. The highest BCUT2D eigenvalue weighted by molar-refractivity contribution is 7.89. The Kier molecular flexibility index (Phi) is 7.58. The molecular weight excluding hydrogens is 355 g/mol. The van der Waals surface area contributed by atoms with E-state index in [0.717, 1.165) is 31.4 Å². The van der Waals surface area contributed by atoms with Crippen molar-refractivity contribution in [2.45, 2.75) is 63.3 Å². The Bertz CT molecular complexity index is 683. The average Bonchev–Trinajstić information content (AvgIpc) is 2.62. The van der Waals surface area contributed by atoms with Crippen molar-refractivity contribution in [2.75, 3.05) is 13.1 Å². The van der Waals surface area contributed by atoms with Gasteiger partial charge >= 0.3 is 0 Å². The number of nitrogens with one attached hydrogen (secondary N) is 1. The molecule has 1 heterocycles. The fraction of sp³-hybridized carbons (Fsp3) is 0.632. The summed E-state index contributed by atoms with van der Waals surface area (Å²) in [5.74, 6) is -0.594. The van der Waals surface area contributed by atoms with Gasteiger partial charge in [0.05, 0.1) is 4.90 Å². The molecule has 1 saturated heterocycles. The summed E-state index contributed by atoms with van der Waals surface area (Å²) in [7, 11) is -3.63. The number of benzene rings is 1. The number of halogens is 1. The second-order valence-electron chi connectivity index (χ2n) is 7.04. The van der Waals surface area contributed by atoms with Crippen molar-refractivity contribution < 1.29 is 17.6 Å². The van der Waals surface area contributed by atoms with Gasteiger partial charge in [-0.3, -0.25) is 4.79 Å². The lowest BCUT2D eigenvalue weighted by Gasteiger charge is -2.31. The molecule has 1 aliphatic heterocycles. The zero-order valence-corrected chi connectivity index (χ0v) is 16.4. The maximum Gasteiger partial charge on any atom is 0.243 e. The molecule has 0 bridgehead atoms. The van der Waals surface area contributed by atoms with Crippen molar-refractivity contribution in [3.05, 3.63) is 30.1 Å². The Balaban J connectivity index is 1.86. The van der Waals surface area contributed by atoms with Crippen LogP contribution in [0.1, 0.15) is 52.4 Å². The Labute approximate surface area is 156 Å². The lowest BCUT2D eigenvalue weighted by molar-refractivity contribution is -0.126. The van der Waals surface area contributed by atoms with E-state index in [4.69, 9.17) is 0 Å². The molecule has 0 saturated carbocycles. The topological polar surface area (TPSA) is 66.5 Å². The first kappa shape index (κ1) is 20.8. The fourth-order valence-corrected chi connectivity index (χ4v) is 4.72. The molecule has 1 atom stereocenters. The van der Waals surface area contributed by atoms with Crippen molar-refractivity contribution in [1.29, 1.82) is 0 Å². The van der Waals surface area contributed by atoms with E-state index in [-0.39, 0.29) is 22.8 Å². The largest absolute Gasteiger partial charge is 0.353 e. The Morgan fingerprint density at radius 1 is 1.23 bits per heavy atom. The van der Waals surface area contributed by atoms with E-state index >= 15 is 0 Å². The molecular formula is C19H29FN2O3S. The van der Waals surface area contributed by atoms with Crippen LogP contribution in [0.4, 0.5) is 4.39 Å². The van der Waals surface area contributed by atoms with E-state index in [2.05, 4.69) is 12.2 Å². The molecule has 1 aliphatic rings. The normalized spacial score (nSPS) is 17.8. The van der Waals surface area contributed by atoms with Gasteiger partial charge in [-0.15, -0.1) is 0 Å². The first-order valence-corrected chi connectivity index (χ1v) is 10.8. The minimum Gasteiger partial charge on any atom is -0.353 e. The van der Waals surface area contributed by atoms with Crippen LogP contribution in [-0.2, 0) is 14.8 Å². The molecule has 1 aromatic rings. The van der Waals surface area contributed by atoms with Crippen LogP contribution >= 0.6 is 0 Å². The number of carbonyl (C=O) groups excluding carboxylic acids is 1. The van der Waals surface area contributed by atoms with Crippen LogP contribution in [0.2, 0.25) is 0 Å². The minimum absolute atomic E-state index is 0.0211. The molecule has 0 radical (unpaired) electrons. The van der Waals surface area contributed by atoms with E-state index in [9.17, 15) is 17.6 Å². The number of amides is 1. The number of hydrogen-bond acceptors (Lipinski definition) is 3. The maximum absolute atomic E-state index is 13.0. The van der Waals surface area contributed by atoms with Gasteiger partial charge in [0.25, 0.3) is 0 Å². The molecule has 7 heteroatoms. The Morgan fingerprint density at radius 2 is 1.85 bits per heavy atom. The second kappa shape index (κ2) is 9.46. The van der Waals surface area contributed by atoms with E-state index in [1.165, 1.54) is 22.9 Å². The van der Waals surface area contributed by atoms with Crippen molar-refractivity contribution in [3.63, 3.8) is 0 Å². The Hall–Kier alpha value is -1.47. The number of hydrogen-bond donors (Lipinski definition) is 1. The second-order valence-corrected chi connectivity index (χ2v) is 8.98. The van der Waals surface area contributed by atoms with Crippen LogP contribution in [0.25, 0.3) is 0 Å². The highest BCUT2D eigenvalue weighted by atomic mass is 32.2. The standard InChI is InChI=1S/C19H29FN2O3S/c1-3-4-5-6-15(2)21-19(23)16-11-13-22(14-12-16)26(24,25)18-9-7-17(20)8-10-18/h7-10,15-16H,3-6,11-14H2,1-2H3,(H,21,23)/t15-/m1/s1. The average molecular weight is 385 g/mol. The third-order valence-corrected chi connectivity index (χ3v) is 6.82. The molecule has 146 valence electrons. The van der Waals surface area contributed by atoms with Gasteiger partial charge in [-0.25, -0.2) is 12.8 Å². The SMILES string of the molecule is CCCCC[C@@H](C)NC(=O)C1CCN(S(=O)(=O)c2ccc(F)cc2)CC1. The van der Waals surface area contributed by atoms with Crippen LogP contribution in [0.15, 0.2) is 29.2 Å². The summed E-state index contributed by atoms with van der Waals surface area (Å²) in [4.78, 5) is 12.5. The number of carbonyl (C=O) groups is 1. The zero-order valence-electron chi connectivity index (χ0n) is 15.6. The summed E-state index contributed by atoms with van der Waals surface area (Å²) in [5, 5.41) is 3.05. The smallest absolute Gasteiger partial charge is 0.243 e. The van der Waals surface area contributed by atoms with Crippen molar-refractivity contribution >= 4 is 15.9 Å². The van der Waals surface area contributed by atoms with Crippen LogP contribution in [0, 0.1) is 11.7 Å². The molecule has 0 aliphatic carbocycles. The van der Waals surface area contributed by atoms with Gasteiger partial charge in [0.2, 0.25) is 15.9 Å². The summed E-state index contributed by atoms with van der Waals surface area (Å²) >= 11 is 0. The number of nitrogens with zero attached hydrogens (tertiary/aromatic N) is 1. The number of sulfonamides is 1. The van der Waals surface area contributed by atoms with Gasteiger partial charge in [0, 0.05) is 25.0 Å². The van der Waals surface area contributed by atoms with Gasteiger partial charge in [-0.05, 0) is 50.5 Å². The highest BCUT2D eigenvalue weighted by Crippen LogP contribution is 2.24. The van der Waals surface area contributed by atoms with E-state index in [1.807, 2.05) is 6.92 Å². The van der Waals surface area contributed by atoms with E-state index in [1.54, 1.807) is 0 Å². The Morgan fingerprint density at radius 3 is 2.42 bits per heavy atom. The van der Waals surface area contributed by atoms with Gasteiger partial charge < -0.3 is 5.32 Å². The number of rotatable bonds is 8. The lowest BCUT2D eigenvalue weighted by atomic mass is 9.96. The monoisotopic (exact) mass is 384 g/mol. The molecule has 1 amide bonds. The number of piperidine rings is 1. The van der Waals surface area contributed by atoms with Crippen molar-refractivity contribution in [1.82, 2.24) is 9.62 Å². The molecule has 0 spiro atoms. The summed E-state index contributed by atoms with van der Waals surface area (Å²) in [6.45, 7) is 4.78. The third-order valence-electron chi connectivity index (χ3n) is 4.91. The van der Waals surface area contributed by atoms with Gasteiger partial charge in [0.1, 0.15) is 5.82 Å². The molecule has 2 rings (SSSR count). The molecule has 5 nitrogen and oxygen atoms in total. The quantitative estimate of drug-likeness (QED) is 0.699. The summed E-state index contributed by atoms with van der Waals surface area (Å²) in [6.07, 6.45) is 5.41. The molecule has 1 N–H and O–H groups in total. The summed E-state index contributed by atoms with van der Waals surface area (Å²) in [5.41, 5.74) is 0. The predicted octanol–water partition coefficient (Wildman–Crippen LogP) is 3.31. The summed E-state index contributed by atoms with van der Waals surface area (Å²) in [6, 6.07) is 5.00. The predicted molar refractivity (Wildman–Crippen MR) is 99.6 cm³/mol. The minimum atomic E-state index is -3.63. The molecule has 1 aromatic carbocycles. The fourth-order valence-electron chi connectivity index (χ4n) is 3.25. The van der Waals surface area contributed by atoms with Crippen molar-refractivity contribution in [3.8, 4) is 0 Å². The molecule has 0 aromatic heterocycles. The van der Waals surface area contributed by atoms with E-state index < -0.39 is 15.8 Å². The molecule has 26 heavy (non-hydrogen) atoms. The van der Waals surface area contributed by atoms with Crippen LogP contribution in [0.3, 0.4) is 0 Å². The van der Waals surface area contributed by atoms with Crippen molar-refractivity contribution in [2.24, 2.45) is 5.92 Å². The van der Waals surface area contributed by atoms with E-state index in [0.29, 0.717) is 25.9 Å². The van der Waals surface area contributed by atoms with Gasteiger partial charge in [-0.1, -0.05) is 26.2 Å². The van der Waals surface area contributed by atoms with Gasteiger partial charge in [-0.2, -0.15) is 4.31 Å². The zero-order chi connectivity index (χ0) is 19.2. The number of unbranched alkanes of at least 4 members (excludes halogenated alkanes) is 2. The third kappa shape index (κ3) is 5.51. The van der Waals surface area contributed by atoms with Crippen LogP contribution in [-0.4, -0.2) is 37.8 Å². The highest BCUT2D eigenvalue weighted by Gasteiger charge is 2.32. The molecule has 1 fully saturated rings.